The van der Waals surface area contributed by atoms with E-state index in [9.17, 15) is 4.79 Å². The van der Waals surface area contributed by atoms with Gasteiger partial charge in [0.2, 0.25) is 0 Å². The van der Waals surface area contributed by atoms with Crippen LogP contribution in [0.2, 0.25) is 0 Å². The number of furan rings is 1. The van der Waals surface area contributed by atoms with E-state index in [-0.39, 0.29) is 5.91 Å². The van der Waals surface area contributed by atoms with Crippen LogP contribution >= 0.6 is 0 Å². The number of rotatable bonds is 6. The maximum absolute atomic E-state index is 13.1. The molecule has 29 heavy (non-hydrogen) atoms. The summed E-state index contributed by atoms with van der Waals surface area (Å²) in [5.41, 5.74) is 5.44. The highest BCUT2D eigenvalue weighted by Gasteiger charge is 2.29. The molecule has 1 aromatic carbocycles. The number of nitrogens with zero attached hydrogens (tertiary/aromatic N) is 3. The van der Waals surface area contributed by atoms with E-state index in [2.05, 4.69) is 41.6 Å². The second-order valence-corrected chi connectivity index (χ2v) is 7.89. The first-order chi connectivity index (χ1) is 14.0. The Labute approximate surface area is 171 Å². The first-order valence-electron chi connectivity index (χ1n) is 10.1. The highest BCUT2D eigenvalue weighted by atomic mass is 16.3. The molecular weight excluding hydrogens is 364 g/mol. The van der Waals surface area contributed by atoms with E-state index >= 15 is 0 Å². The van der Waals surface area contributed by atoms with E-state index in [0.717, 1.165) is 37.1 Å². The van der Waals surface area contributed by atoms with Crippen molar-refractivity contribution in [3.8, 4) is 0 Å². The zero-order valence-corrected chi connectivity index (χ0v) is 17.3. The number of aromatic nitrogens is 2. The van der Waals surface area contributed by atoms with Gasteiger partial charge in [-0.3, -0.25) is 9.48 Å². The first-order valence-corrected chi connectivity index (χ1v) is 10.1. The average molecular weight is 393 g/mol. The molecule has 0 spiro atoms. The number of carbonyl (C=O) groups is 1. The molecule has 152 valence electrons. The van der Waals surface area contributed by atoms with E-state index < -0.39 is 0 Å². The summed E-state index contributed by atoms with van der Waals surface area (Å²) in [4.78, 5) is 14.7. The van der Waals surface area contributed by atoms with Gasteiger partial charge >= 0.3 is 0 Å². The fourth-order valence-electron chi connectivity index (χ4n) is 4.09. The van der Waals surface area contributed by atoms with Gasteiger partial charge in [0, 0.05) is 37.9 Å². The minimum absolute atomic E-state index is 0.0576. The lowest BCUT2D eigenvalue weighted by Crippen LogP contribution is -2.35. The Morgan fingerprint density at radius 1 is 1.31 bits per heavy atom. The molecule has 3 aromatic rings. The van der Waals surface area contributed by atoms with Crippen LogP contribution in [0.4, 0.5) is 0 Å². The predicted molar refractivity (Wildman–Crippen MR) is 112 cm³/mol. The summed E-state index contributed by atoms with van der Waals surface area (Å²) in [5, 5.41) is 8.26. The second-order valence-electron chi connectivity index (χ2n) is 7.89. The monoisotopic (exact) mass is 392 g/mol. The lowest BCUT2D eigenvalue weighted by atomic mass is 9.91. The van der Waals surface area contributed by atoms with Gasteiger partial charge < -0.3 is 14.6 Å². The number of nitrogens with one attached hydrogen (secondary N) is 1. The fourth-order valence-corrected chi connectivity index (χ4v) is 4.09. The van der Waals surface area contributed by atoms with Gasteiger partial charge in [-0.05, 0) is 49.4 Å². The molecule has 0 radical (unpaired) electrons. The molecule has 0 unspecified atom stereocenters. The normalized spacial score (nSPS) is 15.9. The van der Waals surface area contributed by atoms with Crippen LogP contribution in [-0.4, -0.2) is 33.7 Å². The number of hydrogen-bond donors (Lipinski definition) is 1. The van der Waals surface area contributed by atoms with Gasteiger partial charge in [-0.15, -0.1) is 0 Å². The van der Waals surface area contributed by atoms with Crippen molar-refractivity contribution in [3.63, 3.8) is 0 Å². The molecule has 2 heterocycles. The molecule has 6 heteroatoms. The molecule has 2 aromatic heterocycles. The third-order valence-electron chi connectivity index (χ3n) is 5.82. The molecule has 0 aliphatic heterocycles. The third kappa shape index (κ3) is 4.12. The van der Waals surface area contributed by atoms with E-state index in [4.69, 9.17) is 4.42 Å². The molecule has 1 aliphatic rings. The third-order valence-corrected chi connectivity index (χ3v) is 5.82. The summed E-state index contributed by atoms with van der Waals surface area (Å²) in [7, 11) is 3.73. The van der Waals surface area contributed by atoms with Crippen LogP contribution < -0.4 is 5.32 Å². The Bertz CT molecular complexity index is 990. The van der Waals surface area contributed by atoms with Gasteiger partial charge in [-0.2, -0.15) is 5.10 Å². The van der Waals surface area contributed by atoms with Crippen LogP contribution in [0.5, 0.6) is 0 Å². The van der Waals surface area contributed by atoms with Crippen LogP contribution in [0.1, 0.15) is 45.1 Å². The van der Waals surface area contributed by atoms with Crippen LogP contribution in [0.15, 0.2) is 47.1 Å². The van der Waals surface area contributed by atoms with Crippen molar-refractivity contribution in [3.05, 3.63) is 76.5 Å². The van der Waals surface area contributed by atoms with E-state index in [0.29, 0.717) is 18.3 Å². The van der Waals surface area contributed by atoms with Crippen molar-refractivity contribution in [1.82, 2.24) is 20.0 Å². The SMILES string of the molecule is Cc1ccccc1CN[C@@H]1CCc2c(c(C(=O)N(C)Cc3ccco3)nn2C)C1. The maximum Gasteiger partial charge on any atom is 0.274 e. The molecule has 1 N–H and O–H groups in total. The smallest absolute Gasteiger partial charge is 0.274 e. The van der Waals surface area contributed by atoms with Gasteiger partial charge in [0.1, 0.15) is 5.76 Å². The minimum atomic E-state index is -0.0576. The lowest BCUT2D eigenvalue weighted by molar-refractivity contribution is 0.0767. The highest BCUT2D eigenvalue weighted by Crippen LogP contribution is 2.26. The molecule has 1 aliphatic carbocycles. The van der Waals surface area contributed by atoms with Crippen molar-refractivity contribution in [2.75, 3.05) is 7.05 Å². The van der Waals surface area contributed by atoms with Crippen molar-refractivity contribution < 1.29 is 9.21 Å². The Kier molecular flexibility index (Phi) is 5.53. The van der Waals surface area contributed by atoms with Crippen LogP contribution in [0.25, 0.3) is 0 Å². The minimum Gasteiger partial charge on any atom is -0.467 e. The molecule has 1 amide bonds. The standard InChI is InChI=1S/C23H28N4O2/c1-16-7-4-5-8-17(16)14-24-18-10-11-21-20(13-18)22(25-27(21)3)23(28)26(2)15-19-9-6-12-29-19/h4-9,12,18,24H,10-11,13-15H2,1-3H3/t18-/m1/s1. The van der Waals surface area contributed by atoms with Crippen LogP contribution in [0.3, 0.4) is 0 Å². The van der Waals surface area contributed by atoms with Crippen LogP contribution in [-0.2, 0) is 33.0 Å². The zero-order chi connectivity index (χ0) is 20.4. The number of amides is 1. The van der Waals surface area contributed by atoms with E-state index in [1.165, 1.54) is 16.8 Å². The van der Waals surface area contributed by atoms with Gasteiger partial charge in [-0.1, -0.05) is 24.3 Å². The number of hydrogen-bond acceptors (Lipinski definition) is 4. The Morgan fingerprint density at radius 2 is 2.14 bits per heavy atom. The number of benzene rings is 1. The Morgan fingerprint density at radius 3 is 2.90 bits per heavy atom. The first kappa shape index (κ1) is 19.5. The molecule has 0 bridgehead atoms. The number of carbonyl (C=O) groups excluding carboxylic acids is 1. The average Bonchev–Trinajstić information content (AvgIpc) is 3.34. The van der Waals surface area contributed by atoms with Gasteiger partial charge in [0.25, 0.3) is 5.91 Å². The molecule has 1 atom stereocenters. The van der Waals surface area contributed by atoms with E-state index in [1.807, 2.05) is 23.9 Å². The van der Waals surface area contributed by atoms with Gasteiger partial charge in [0.15, 0.2) is 5.69 Å². The maximum atomic E-state index is 13.1. The summed E-state index contributed by atoms with van der Waals surface area (Å²) in [5.74, 6) is 0.709. The molecule has 4 rings (SSSR count). The van der Waals surface area contributed by atoms with Crippen molar-refractivity contribution in [1.29, 1.82) is 0 Å². The Balaban J connectivity index is 1.47. The molecule has 6 nitrogen and oxygen atoms in total. The topological polar surface area (TPSA) is 63.3 Å². The number of aryl methyl sites for hydroxylation is 2. The van der Waals surface area contributed by atoms with Gasteiger partial charge in [0.05, 0.1) is 12.8 Å². The second kappa shape index (κ2) is 8.25. The highest BCUT2D eigenvalue weighted by molar-refractivity contribution is 5.94. The van der Waals surface area contributed by atoms with Crippen molar-refractivity contribution in [2.24, 2.45) is 7.05 Å². The summed E-state index contributed by atoms with van der Waals surface area (Å²) in [6, 6.07) is 12.5. The molecule has 0 fully saturated rings. The molecule has 0 saturated carbocycles. The summed E-state index contributed by atoms with van der Waals surface area (Å²) in [6.07, 6.45) is 4.43. The molecular formula is C23H28N4O2. The summed E-state index contributed by atoms with van der Waals surface area (Å²) >= 11 is 0. The van der Waals surface area contributed by atoms with Crippen LogP contribution in [0, 0.1) is 6.92 Å². The lowest BCUT2D eigenvalue weighted by Gasteiger charge is -2.25. The van der Waals surface area contributed by atoms with E-state index in [1.54, 1.807) is 18.2 Å². The largest absolute Gasteiger partial charge is 0.467 e. The number of fused-ring (bicyclic) bond motifs is 1. The molecule has 0 saturated heterocycles. The van der Waals surface area contributed by atoms with Gasteiger partial charge in [-0.25, -0.2) is 0 Å². The van der Waals surface area contributed by atoms with Crippen molar-refractivity contribution >= 4 is 5.91 Å². The fraction of sp³-hybridized carbons (Fsp3) is 0.391. The quantitative estimate of drug-likeness (QED) is 0.700. The zero-order valence-electron chi connectivity index (χ0n) is 17.3. The predicted octanol–water partition coefficient (Wildman–Crippen LogP) is 3.24. The summed E-state index contributed by atoms with van der Waals surface area (Å²) < 4.78 is 7.26. The Hall–Kier alpha value is -2.86. The summed E-state index contributed by atoms with van der Waals surface area (Å²) in [6.45, 7) is 3.42. The van der Waals surface area contributed by atoms with Crippen molar-refractivity contribution in [2.45, 2.75) is 45.3 Å².